The van der Waals surface area contributed by atoms with Gasteiger partial charge >= 0.3 is 0 Å². The van der Waals surface area contributed by atoms with E-state index in [1.165, 1.54) is 19.3 Å². The molecular weight excluding hydrogens is 237 g/mol. The van der Waals surface area contributed by atoms with Crippen LogP contribution in [0.2, 0.25) is 0 Å². The molecule has 100 valence electrons. The normalized spacial score (nSPS) is 22.7. The van der Waals surface area contributed by atoms with Crippen molar-refractivity contribution in [2.24, 2.45) is 5.92 Å². The molecule has 1 aromatic carbocycles. The maximum Gasteiger partial charge on any atom is 0.141 e. The van der Waals surface area contributed by atoms with E-state index in [0.717, 1.165) is 30.7 Å². The van der Waals surface area contributed by atoms with E-state index in [0.29, 0.717) is 5.92 Å². The number of rotatable bonds is 4. The van der Waals surface area contributed by atoms with Crippen molar-refractivity contribution in [2.75, 3.05) is 0 Å². The van der Waals surface area contributed by atoms with Crippen molar-refractivity contribution in [3.05, 3.63) is 47.8 Å². The lowest BCUT2D eigenvalue weighted by molar-refractivity contribution is 0.311. The fraction of sp³-hybridized carbons (Fsp3) is 0.471. The Hall–Kier alpha value is -1.62. The van der Waals surface area contributed by atoms with E-state index in [1.807, 2.05) is 18.2 Å². The third-order valence-corrected chi connectivity index (χ3v) is 4.21. The van der Waals surface area contributed by atoms with E-state index < -0.39 is 0 Å². The van der Waals surface area contributed by atoms with Gasteiger partial charge in [-0.05, 0) is 68.1 Å². The van der Waals surface area contributed by atoms with Crippen molar-refractivity contribution in [3.8, 4) is 6.07 Å². The number of benzene rings is 1. The molecule has 0 atom stereocenters. The lowest BCUT2D eigenvalue weighted by Gasteiger charge is -2.28. The molecule has 0 aromatic heterocycles. The van der Waals surface area contributed by atoms with Crippen LogP contribution in [0.25, 0.3) is 0 Å². The summed E-state index contributed by atoms with van der Waals surface area (Å²) in [6.07, 6.45) is 9.03. The number of allylic oxidation sites excluding steroid dienone is 1. The van der Waals surface area contributed by atoms with Crippen LogP contribution in [0.5, 0.6) is 0 Å². The number of nitriles is 1. The van der Waals surface area contributed by atoms with Crippen molar-refractivity contribution in [3.63, 3.8) is 0 Å². The minimum Gasteiger partial charge on any atom is -0.206 e. The van der Waals surface area contributed by atoms with E-state index >= 15 is 0 Å². The smallest absolute Gasteiger partial charge is 0.141 e. The maximum absolute atomic E-state index is 13.6. The van der Waals surface area contributed by atoms with Gasteiger partial charge in [-0.25, -0.2) is 4.39 Å². The Morgan fingerprint density at radius 3 is 2.63 bits per heavy atom. The van der Waals surface area contributed by atoms with Gasteiger partial charge in [0.25, 0.3) is 0 Å². The van der Waals surface area contributed by atoms with Crippen molar-refractivity contribution in [1.29, 1.82) is 5.26 Å². The van der Waals surface area contributed by atoms with Crippen LogP contribution in [0.3, 0.4) is 0 Å². The van der Waals surface area contributed by atoms with Gasteiger partial charge in [-0.2, -0.15) is 5.26 Å². The minimum atomic E-state index is -0.381. The SMILES string of the molecule is C=CCCC1CCC(c2ccc(C#N)c(F)c2)CC1. The van der Waals surface area contributed by atoms with Gasteiger partial charge in [0.2, 0.25) is 0 Å². The highest BCUT2D eigenvalue weighted by Crippen LogP contribution is 2.37. The topological polar surface area (TPSA) is 23.8 Å². The van der Waals surface area contributed by atoms with Gasteiger partial charge in [-0.3, -0.25) is 0 Å². The Balaban J connectivity index is 1.96. The molecule has 0 bridgehead atoms. The molecule has 0 saturated heterocycles. The van der Waals surface area contributed by atoms with Gasteiger partial charge < -0.3 is 0 Å². The van der Waals surface area contributed by atoms with E-state index in [-0.39, 0.29) is 11.4 Å². The van der Waals surface area contributed by atoms with Crippen LogP contribution in [-0.2, 0) is 0 Å². The Kier molecular flexibility index (Phi) is 4.74. The van der Waals surface area contributed by atoms with Gasteiger partial charge in [0, 0.05) is 0 Å². The summed E-state index contributed by atoms with van der Waals surface area (Å²) in [5, 5.41) is 8.74. The monoisotopic (exact) mass is 257 g/mol. The van der Waals surface area contributed by atoms with Crippen molar-refractivity contribution in [2.45, 2.75) is 44.4 Å². The molecule has 0 amide bonds. The summed E-state index contributed by atoms with van der Waals surface area (Å²) >= 11 is 0. The van der Waals surface area contributed by atoms with Crippen LogP contribution < -0.4 is 0 Å². The van der Waals surface area contributed by atoms with Crippen LogP contribution in [0.15, 0.2) is 30.9 Å². The van der Waals surface area contributed by atoms with Crippen LogP contribution >= 0.6 is 0 Å². The first kappa shape index (κ1) is 13.8. The predicted molar refractivity (Wildman–Crippen MR) is 75.2 cm³/mol. The van der Waals surface area contributed by atoms with Crippen LogP contribution in [-0.4, -0.2) is 0 Å². The zero-order chi connectivity index (χ0) is 13.7. The van der Waals surface area contributed by atoms with E-state index in [4.69, 9.17) is 5.26 Å². The summed E-state index contributed by atoms with van der Waals surface area (Å²) < 4.78 is 13.6. The minimum absolute atomic E-state index is 0.142. The molecule has 0 aliphatic heterocycles. The molecule has 1 nitrogen and oxygen atoms in total. The summed E-state index contributed by atoms with van der Waals surface area (Å²) in [6, 6.07) is 6.94. The first-order chi connectivity index (χ1) is 9.24. The zero-order valence-electron chi connectivity index (χ0n) is 11.2. The summed E-state index contributed by atoms with van der Waals surface area (Å²) in [6.45, 7) is 3.77. The fourth-order valence-corrected chi connectivity index (χ4v) is 3.01. The molecule has 0 radical (unpaired) electrons. The second-order valence-corrected chi connectivity index (χ2v) is 5.43. The van der Waals surface area contributed by atoms with Crippen molar-refractivity contribution in [1.82, 2.24) is 0 Å². The number of nitrogens with zero attached hydrogens (tertiary/aromatic N) is 1. The second kappa shape index (κ2) is 6.52. The highest BCUT2D eigenvalue weighted by molar-refractivity contribution is 5.34. The largest absolute Gasteiger partial charge is 0.206 e. The summed E-state index contributed by atoms with van der Waals surface area (Å²) in [4.78, 5) is 0. The molecule has 2 rings (SSSR count). The Morgan fingerprint density at radius 2 is 2.05 bits per heavy atom. The van der Waals surface area contributed by atoms with Crippen LogP contribution in [0, 0.1) is 23.1 Å². The number of halogens is 1. The standard InChI is InChI=1S/C17H20FN/c1-2-3-4-13-5-7-14(8-6-13)15-9-10-16(12-19)17(18)11-15/h2,9-11,13-14H,1,3-8H2. The molecule has 0 N–H and O–H groups in total. The Bertz CT molecular complexity index is 479. The number of hydrogen-bond acceptors (Lipinski definition) is 1. The first-order valence-corrected chi connectivity index (χ1v) is 7.05. The average molecular weight is 257 g/mol. The summed E-state index contributed by atoms with van der Waals surface area (Å²) in [5.74, 6) is 0.883. The summed E-state index contributed by atoms with van der Waals surface area (Å²) in [7, 11) is 0. The van der Waals surface area contributed by atoms with Gasteiger partial charge in [0.1, 0.15) is 11.9 Å². The van der Waals surface area contributed by atoms with Gasteiger partial charge in [-0.1, -0.05) is 12.1 Å². The maximum atomic E-state index is 13.6. The van der Waals surface area contributed by atoms with Gasteiger partial charge in [0.15, 0.2) is 0 Å². The highest BCUT2D eigenvalue weighted by atomic mass is 19.1. The van der Waals surface area contributed by atoms with Crippen LogP contribution in [0.1, 0.15) is 55.6 Å². The predicted octanol–water partition coefficient (Wildman–Crippen LogP) is 4.94. The molecule has 1 aliphatic carbocycles. The number of hydrogen-bond donors (Lipinski definition) is 0. The highest BCUT2D eigenvalue weighted by Gasteiger charge is 2.22. The molecule has 0 heterocycles. The zero-order valence-corrected chi connectivity index (χ0v) is 11.2. The molecule has 19 heavy (non-hydrogen) atoms. The molecule has 2 heteroatoms. The quantitative estimate of drug-likeness (QED) is 0.701. The first-order valence-electron chi connectivity index (χ1n) is 7.05. The third kappa shape index (κ3) is 3.44. The van der Waals surface area contributed by atoms with E-state index in [1.54, 1.807) is 12.1 Å². The van der Waals surface area contributed by atoms with Gasteiger partial charge in [-0.15, -0.1) is 6.58 Å². The molecule has 0 spiro atoms. The Labute approximate surface area is 114 Å². The molecular formula is C17H20FN. The Morgan fingerprint density at radius 1 is 1.32 bits per heavy atom. The average Bonchev–Trinajstić information content (AvgIpc) is 2.45. The molecule has 0 unspecified atom stereocenters. The van der Waals surface area contributed by atoms with Crippen molar-refractivity contribution >= 4 is 0 Å². The third-order valence-electron chi connectivity index (χ3n) is 4.21. The van der Waals surface area contributed by atoms with E-state index in [9.17, 15) is 4.39 Å². The van der Waals surface area contributed by atoms with Crippen LogP contribution in [0.4, 0.5) is 4.39 Å². The molecule has 1 aliphatic rings. The molecule has 1 fully saturated rings. The second-order valence-electron chi connectivity index (χ2n) is 5.43. The summed E-state index contributed by atoms with van der Waals surface area (Å²) in [5.41, 5.74) is 1.20. The molecule has 1 aromatic rings. The van der Waals surface area contributed by atoms with E-state index in [2.05, 4.69) is 6.58 Å². The molecule has 1 saturated carbocycles. The van der Waals surface area contributed by atoms with Crippen molar-refractivity contribution < 1.29 is 4.39 Å². The lowest BCUT2D eigenvalue weighted by atomic mass is 9.77. The fourth-order valence-electron chi connectivity index (χ4n) is 3.01. The lowest BCUT2D eigenvalue weighted by Crippen LogP contribution is -2.13. The van der Waals surface area contributed by atoms with Gasteiger partial charge in [0.05, 0.1) is 5.56 Å².